The first kappa shape index (κ1) is 21.2. The monoisotopic (exact) mass is 470 g/mol. The maximum atomic E-state index is 12.4. The Hall–Kier alpha value is -3.53. The minimum atomic E-state index is -0.752. The molecule has 0 fully saturated rings. The molecule has 0 saturated carbocycles. The summed E-state index contributed by atoms with van der Waals surface area (Å²) in [4.78, 5) is 25.1. The highest BCUT2D eigenvalue weighted by Gasteiger charge is 2.25. The van der Waals surface area contributed by atoms with Crippen LogP contribution in [0.4, 0.5) is 11.4 Å². The summed E-state index contributed by atoms with van der Waals surface area (Å²) in [7, 11) is 3.87. The van der Waals surface area contributed by atoms with E-state index in [-0.39, 0.29) is 11.4 Å². The maximum absolute atomic E-state index is 12.4. The van der Waals surface area contributed by atoms with E-state index in [9.17, 15) is 14.9 Å². The second kappa shape index (κ2) is 9.31. The Labute approximate surface area is 181 Å². The fourth-order valence-corrected chi connectivity index (χ4v) is 2.91. The molecule has 1 aromatic heterocycles. The van der Waals surface area contributed by atoms with Crippen LogP contribution in [-0.4, -0.2) is 40.9 Å². The molecule has 154 valence electrons. The quantitative estimate of drug-likeness (QED) is 0.323. The minimum Gasteiger partial charge on any atom is -0.378 e. The number of hydrogen-bond donors (Lipinski definition) is 1. The van der Waals surface area contributed by atoms with Crippen LogP contribution in [0.15, 0.2) is 64.3 Å². The fraction of sp³-hybridized carbons (Fsp3) is 0.150. The summed E-state index contributed by atoms with van der Waals surface area (Å²) in [6.07, 6.45) is 2.70. The highest BCUT2D eigenvalue weighted by Crippen LogP contribution is 2.18. The Kier molecular flexibility index (Phi) is 6.58. The largest absolute Gasteiger partial charge is 0.378 e. The molecule has 0 radical (unpaired) electrons. The summed E-state index contributed by atoms with van der Waals surface area (Å²) in [6, 6.07) is 15.0. The Balaban J connectivity index is 1.71. The number of amides is 1. The summed E-state index contributed by atoms with van der Waals surface area (Å²) in [5.74, 6) is -0.752. The van der Waals surface area contributed by atoms with Gasteiger partial charge in [-0.15, -0.1) is 0 Å². The molecule has 3 rings (SSSR count). The van der Waals surface area contributed by atoms with Gasteiger partial charge in [-0.05, 0) is 35.4 Å². The van der Waals surface area contributed by atoms with Crippen LogP contribution in [0.1, 0.15) is 21.6 Å². The van der Waals surface area contributed by atoms with E-state index in [0.717, 1.165) is 21.3 Å². The first-order valence-corrected chi connectivity index (χ1v) is 9.70. The number of nitrogens with zero attached hydrogens (tertiary/aromatic N) is 5. The van der Waals surface area contributed by atoms with Gasteiger partial charge in [0.05, 0.1) is 17.7 Å². The van der Waals surface area contributed by atoms with Gasteiger partial charge in [0.25, 0.3) is 5.91 Å². The summed E-state index contributed by atoms with van der Waals surface area (Å²) >= 11 is 3.36. The van der Waals surface area contributed by atoms with Crippen molar-refractivity contribution in [3.05, 3.63) is 86.1 Å². The molecule has 1 heterocycles. The van der Waals surface area contributed by atoms with Crippen molar-refractivity contribution in [3.8, 4) is 0 Å². The maximum Gasteiger partial charge on any atom is 0.320 e. The van der Waals surface area contributed by atoms with E-state index in [4.69, 9.17) is 0 Å². The molecular weight excluding hydrogens is 452 g/mol. The smallest absolute Gasteiger partial charge is 0.320 e. The second-order valence-electron chi connectivity index (χ2n) is 6.63. The van der Waals surface area contributed by atoms with Gasteiger partial charge in [0.15, 0.2) is 0 Å². The van der Waals surface area contributed by atoms with Crippen molar-refractivity contribution in [1.82, 2.24) is 15.2 Å². The van der Waals surface area contributed by atoms with Crippen molar-refractivity contribution in [2.24, 2.45) is 5.10 Å². The standard InChI is InChI=1S/C20H19BrN6O3/c1-25(2)17-9-5-14(6-10-17)11-22-23-20(28)19-18(27(29)30)13-26(24-19)12-15-3-7-16(21)8-4-15/h3-11,13H,12H2,1-2H3,(H,23,28)/b22-11-. The van der Waals surface area contributed by atoms with Gasteiger partial charge in [-0.1, -0.05) is 40.2 Å². The summed E-state index contributed by atoms with van der Waals surface area (Å²) in [5, 5.41) is 19.3. The molecule has 9 nitrogen and oxygen atoms in total. The zero-order valence-electron chi connectivity index (χ0n) is 16.3. The molecule has 0 spiro atoms. The number of nitro groups is 1. The molecular formula is C20H19BrN6O3. The van der Waals surface area contributed by atoms with Gasteiger partial charge < -0.3 is 4.90 Å². The average molecular weight is 471 g/mol. The first-order valence-electron chi connectivity index (χ1n) is 8.90. The third-order valence-electron chi connectivity index (χ3n) is 4.20. The molecule has 2 aromatic carbocycles. The predicted octanol–water partition coefficient (Wildman–Crippen LogP) is 3.43. The normalized spacial score (nSPS) is 10.9. The van der Waals surface area contributed by atoms with Crippen LogP contribution in [0.25, 0.3) is 0 Å². The van der Waals surface area contributed by atoms with Crippen LogP contribution in [-0.2, 0) is 6.54 Å². The number of aromatic nitrogens is 2. The van der Waals surface area contributed by atoms with E-state index in [1.54, 1.807) is 0 Å². The number of benzene rings is 2. The van der Waals surface area contributed by atoms with Crippen LogP contribution >= 0.6 is 15.9 Å². The summed E-state index contributed by atoms with van der Waals surface area (Å²) in [6.45, 7) is 0.295. The average Bonchev–Trinajstić information content (AvgIpc) is 3.14. The molecule has 0 aliphatic rings. The van der Waals surface area contributed by atoms with Crippen LogP contribution in [0, 0.1) is 10.1 Å². The lowest BCUT2D eigenvalue weighted by Gasteiger charge is -2.11. The number of hydrazone groups is 1. The van der Waals surface area contributed by atoms with Crippen LogP contribution in [0.2, 0.25) is 0 Å². The van der Waals surface area contributed by atoms with Gasteiger partial charge in [-0.3, -0.25) is 19.6 Å². The molecule has 1 amide bonds. The molecule has 3 aromatic rings. The molecule has 1 N–H and O–H groups in total. The summed E-state index contributed by atoms with van der Waals surface area (Å²) < 4.78 is 2.28. The lowest BCUT2D eigenvalue weighted by molar-refractivity contribution is -0.385. The molecule has 10 heteroatoms. The topological polar surface area (TPSA) is 106 Å². The number of nitrogens with one attached hydrogen (secondary N) is 1. The van der Waals surface area contributed by atoms with E-state index in [0.29, 0.717) is 6.54 Å². The number of hydrogen-bond acceptors (Lipinski definition) is 6. The van der Waals surface area contributed by atoms with Gasteiger partial charge in [0.2, 0.25) is 5.69 Å². The summed E-state index contributed by atoms with van der Waals surface area (Å²) in [5.41, 5.74) is 4.32. The molecule has 0 aliphatic carbocycles. The van der Waals surface area contributed by atoms with E-state index in [2.05, 4.69) is 31.6 Å². The van der Waals surface area contributed by atoms with Crippen LogP contribution in [0.3, 0.4) is 0 Å². The number of rotatable bonds is 7. The lowest BCUT2D eigenvalue weighted by Crippen LogP contribution is -2.19. The second-order valence-corrected chi connectivity index (χ2v) is 7.54. The third-order valence-corrected chi connectivity index (χ3v) is 4.73. The number of anilines is 1. The van der Waals surface area contributed by atoms with Gasteiger partial charge in [-0.25, -0.2) is 5.43 Å². The van der Waals surface area contributed by atoms with Crippen molar-refractivity contribution in [3.63, 3.8) is 0 Å². The fourth-order valence-electron chi connectivity index (χ4n) is 2.64. The molecule has 0 bridgehead atoms. The van der Waals surface area contributed by atoms with Crippen molar-refractivity contribution >= 4 is 39.4 Å². The van der Waals surface area contributed by atoms with Crippen LogP contribution in [0.5, 0.6) is 0 Å². The highest BCUT2D eigenvalue weighted by atomic mass is 79.9. The van der Waals surface area contributed by atoms with Crippen molar-refractivity contribution in [2.45, 2.75) is 6.54 Å². The van der Waals surface area contributed by atoms with Gasteiger partial charge >= 0.3 is 5.69 Å². The lowest BCUT2D eigenvalue weighted by atomic mass is 10.2. The third kappa shape index (κ3) is 5.29. The minimum absolute atomic E-state index is 0.294. The zero-order valence-corrected chi connectivity index (χ0v) is 17.9. The molecule has 0 aliphatic heterocycles. The predicted molar refractivity (Wildman–Crippen MR) is 118 cm³/mol. The SMILES string of the molecule is CN(C)c1ccc(/C=N\NC(=O)c2nn(Cc3ccc(Br)cc3)cc2[N+](=O)[O-])cc1. The van der Waals surface area contributed by atoms with E-state index < -0.39 is 10.8 Å². The zero-order chi connectivity index (χ0) is 21.7. The Morgan fingerprint density at radius 3 is 2.50 bits per heavy atom. The number of carbonyl (C=O) groups excluding carboxylic acids is 1. The highest BCUT2D eigenvalue weighted by molar-refractivity contribution is 9.10. The van der Waals surface area contributed by atoms with E-state index >= 15 is 0 Å². The molecule has 0 unspecified atom stereocenters. The van der Waals surface area contributed by atoms with Crippen molar-refractivity contribution in [2.75, 3.05) is 19.0 Å². The van der Waals surface area contributed by atoms with Crippen LogP contribution < -0.4 is 10.3 Å². The number of carbonyl (C=O) groups is 1. The first-order chi connectivity index (χ1) is 14.3. The Morgan fingerprint density at radius 1 is 1.23 bits per heavy atom. The van der Waals surface area contributed by atoms with Gasteiger partial charge in [0, 0.05) is 24.3 Å². The molecule has 30 heavy (non-hydrogen) atoms. The Morgan fingerprint density at radius 2 is 1.90 bits per heavy atom. The van der Waals surface area contributed by atoms with Crippen molar-refractivity contribution in [1.29, 1.82) is 0 Å². The van der Waals surface area contributed by atoms with E-state index in [1.807, 2.05) is 67.5 Å². The molecule has 0 saturated heterocycles. The number of halogens is 1. The van der Waals surface area contributed by atoms with Gasteiger partial charge in [0.1, 0.15) is 6.20 Å². The van der Waals surface area contributed by atoms with E-state index in [1.165, 1.54) is 17.1 Å². The molecule has 0 atom stereocenters. The van der Waals surface area contributed by atoms with Gasteiger partial charge in [-0.2, -0.15) is 10.2 Å². The Bertz CT molecular complexity index is 1070. The van der Waals surface area contributed by atoms with Crippen molar-refractivity contribution < 1.29 is 9.72 Å².